The fraction of sp³-hybridized carbons (Fsp3) is 0.833. The quantitative estimate of drug-likeness (QED) is 0.759. The van der Waals surface area contributed by atoms with Crippen LogP contribution in [0.1, 0.15) is 34.6 Å². The second-order valence-electron chi connectivity index (χ2n) is 5.07. The van der Waals surface area contributed by atoms with Crippen LogP contribution in [-0.2, 0) is 19.0 Å². The van der Waals surface area contributed by atoms with Crippen molar-refractivity contribution in [2.24, 2.45) is 0 Å². The molecular weight excluding hydrogens is 238 g/mol. The normalized spacial score (nSPS) is 14.6. The van der Waals surface area contributed by atoms with Crippen LogP contribution in [0.2, 0.25) is 0 Å². The van der Waals surface area contributed by atoms with Crippen molar-refractivity contribution in [3.63, 3.8) is 0 Å². The average molecular weight is 261 g/mol. The van der Waals surface area contributed by atoms with Crippen LogP contribution < -0.4 is 5.32 Å². The number of carbonyl (C=O) groups is 2. The minimum atomic E-state index is -0.765. The maximum Gasteiger partial charge on any atom is 0.408 e. The number of alkyl carbamates (subject to hydrolysis) is 1. The minimum absolute atomic E-state index is 0.310. The Morgan fingerprint density at radius 1 is 1.22 bits per heavy atom. The molecule has 0 heterocycles. The second-order valence-corrected chi connectivity index (χ2v) is 5.07. The number of hydrogen-bond donors (Lipinski definition) is 1. The molecule has 1 N–H and O–H groups in total. The van der Waals surface area contributed by atoms with Crippen LogP contribution in [0.3, 0.4) is 0 Å². The number of methoxy groups -OCH3 is 1. The van der Waals surface area contributed by atoms with E-state index in [0.29, 0.717) is 6.61 Å². The van der Waals surface area contributed by atoms with Gasteiger partial charge < -0.3 is 19.5 Å². The summed E-state index contributed by atoms with van der Waals surface area (Å²) in [6, 6.07) is -0.765. The van der Waals surface area contributed by atoms with Gasteiger partial charge in [0.2, 0.25) is 0 Å². The number of ether oxygens (including phenoxy) is 3. The van der Waals surface area contributed by atoms with E-state index >= 15 is 0 Å². The van der Waals surface area contributed by atoms with E-state index < -0.39 is 23.7 Å². The van der Waals surface area contributed by atoms with Gasteiger partial charge in [-0.25, -0.2) is 9.59 Å². The van der Waals surface area contributed by atoms with Crippen LogP contribution in [0, 0.1) is 0 Å². The first-order chi connectivity index (χ1) is 8.15. The first kappa shape index (κ1) is 16.7. The highest BCUT2D eigenvalue weighted by atomic mass is 16.6. The van der Waals surface area contributed by atoms with E-state index in [2.05, 4.69) is 5.32 Å². The molecule has 0 aromatic carbocycles. The van der Waals surface area contributed by atoms with Crippen molar-refractivity contribution in [3.05, 3.63) is 0 Å². The van der Waals surface area contributed by atoms with Gasteiger partial charge in [0.05, 0.1) is 6.61 Å². The van der Waals surface area contributed by atoms with E-state index in [1.54, 1.807) is 27.7 Å². The van der Waals surface area contributed by atoms with Crippen LogP contribution in [0.5, 0.6) is 0 Å². The predicted octanol–water partition coefficient (Wildman–Crippen LogP) is 1.48. The van der Waals surface area contributed by atoms with Gasteiger partial charge in [0.25, 0.3) is 0 Å². The highest BCUT2D eigenvalue weighted by Gasteiger charge is 2.22. The molecule has 0 aromatic heterocycles. The summed E-state index contributed by atoms with van der Waals surface area (Å²) in [5.41, 5.74) is -0.600. The average Bonchev–Trinajstić information content (AvgIpc) is 2.14. The Bertz CT molecular complexity index is 285. The third-order valence-electron chi connectivity index (χ3n) is 1.81. The van der Waals surface area contributed by atoms with Crippen molar-refractivity contribution in [2.45, 2.75) is 52.4 Å². The molecule has 0 rings (SSSR count). The van der Waals surface area contributed by atoms with Crippen molar-refractivity contribution in [1.29, 1.82) is 0 Å². The summed E-state index contributed by atoms with van der Waals surface area (Å²) >= 11 is 0. The summed E-state index contributed by atoms with van der Waals surface area (Å²) in [6.45, 7) is 8.79. The molecule has 0 aliphatic carbocycles. The lowest BCUT2D eigenvalue weighted by Crippen LogP contribution is -2.43. The van der Waals surface area contributed by atoms with Crippen LogP contribution in [0.15, 0.2) is 0 Å². The number of esters is 1. The summed E-state index contributed by atoms with van der Waals surface area (Å²) in [7, 11) is 1.52. The van der Waals surface area contributed by atoms with E-state index in [1.165, 1.54) is 14.0 Å². The van der Waals surface area contributed by atoms with Gasteiger partial charge >= 0.3 is 12.1 Å². The molecule has 106 valence electrons. The summed E-state index contributed by atoms with van der Waals surface area (Å²) in [5, 5.41) is 2.41. The molecule has 0 bridgehead atoms. The van der Waals surface area contributed by atoms with Gasteiger partial charge in [-0.1, -0.05) is 0 Å². The maximum absolute atomic E-state index is 11.6. The molecule has 0 unspecified atom stereocenters. The summed E-state index contributed by atoms with van der Waals surface area (Å²) in [4.78, 5) is 23.0. The standard InChI is InChI=1S/C12H23NO5/c1-8(7-16-6)17-10(14)9(2)13-11(15)18-12(3,4)5/h8-9H,7H2,1-6H3,(H,13,15)/t8-,9+/m1/s1. The Labute approximate surface area is 108 Å². The summed E-state index contributed by atoms with van der Waals surface area (Å²) < 4.78 is 14.9. The molecule has 1 amide bonds. The third-order valence-corrected chi connectivity index (χ3v) is 1.81. The monoisotopic (exact) mass is 261 g/mol. The van der Waals surface area contributed by atoms with Crippen molar-refractivity contribution in [1.82, 2.24) is 5.32 Å². The molecule has 0 radical (unpaired) electrons. The summed E-state index contributed by atoms with van der Waals surface area (Å²) in [5.74, 6) is -0.523. The molecule has 2 atom stereocenters. The Morgan fingerprint density at radius 2 is 1.78 bits per heavy atom. The number of nitrogens with one attached hydrogen (secondary N) is 1. The zero-order chi connectivity index (χ0) is 14.3. The van der Waals surface area contributed by atoms with Crippen LogP contribution in [0.25, 0.3) is 0 Å². The molecule has 0 saturated carbocycles. The van der Waals surface area contributed by atoms with Gasteiger partial charge in [-0.05, 0) is 34.6 Å². The molecule has 0 aromatic rings. The Balaban J connectivity index is 4.12. The van der Waals surface area contributed by atoms with Gasteiger partial charge in [0, 0.05) is 7.11 Å². The zero-order valence-electron chi connectivity index (χ0n) is 11.9. The number of hydrogen-bond acceptors (Lipinski definition) is 5. The van der Waals surface area contributed by atoms with Gasteiger partial charge in [0.1, 0.15) is 17.7 Å². The molecule has 0 aliphatic heterocycles. The van der Waals surface area contributed by atoms with Gasteiger partial charge in [-0.15, -0.1) is 0 Å². The van der Waals surface area contributed by atoms with Crippen molar-refractivity contribution in [2.75, 3.05) is 13.7 Å². The molecule has 6 nitrogen and oxygen atoms in total. The molecule has 0 fully saturated rings. The first-order valence-electron chi connectivity index (χ1n) is 5.84. The highest BCUT2D eigenvalue weighted by molar-refractivity contribution is 5.81. The lowest BCUT2D eigenvalue weighted by molar-refractivity contribution is -0.152. The largest absolute Gasteiger partial charge is 0.459 e. The Morgan fingerprint density at radius 3 is 2.22 bits per heavy atom. The van der Waals surface area contributed by atoms with E-state index in [1.807, 2.05) is 0 Å². The van der Waals surface area contributed by atoms with E-state index in [0.717, 1.165) is 0 Å². The number of rotatable bonds is 5. The molecule has 0 spiro atoms. The highest BCUT2D eigenvalue weighted by Crippen LogP contribution is 2.07. The first-order valence-corrected chi connectivity index (χ1v) is 5.84. The molecule has 18 heavy (non-hydrogen) atoms. The third kappa shape index (κ3) is 7.89. The topological polar surface area (TPSA) is 73.9 Å². The molecular formula is C12H23NO5. The lowest BCUT2D eigenvalue weighted by Gasteiger charge is -2.22. The Hall–Kier alpha value is -1.30. The zero-order valence-corrected chi connectivity index (χ0v) is 11.9. The fourth-order valence-corrected chi connectivity index (χ4v) is 1.11. The van der Waals surface area contributed by atoms with Crippen molar-refractivity contribution < 1.29 is 23.8 Å². The fourth-order valence-electron chi connectivity index (χ4n) is 1.11. The summed E-state index contributed by atoms with van der Waals surface area (Å²) in [6.07, 6.45) is -1.00. The Kier molecular flexibility index (Phi) is 6.68. The van der Waals surface area contributed by atoms with Crippen molar-refractivity contribution >= 4 is 12.1 Å². The number of carbonyl (C=O) groups excluding carboxylic acids is 2. The molecule has 0 saturated heterocycles. The van der Waals surface area contributed by atoms with Crippen molar-refractivity contribution in [3.8, 4) is 0 Å². The van der Waals surface area contributed by atoms with Gasteiger partial charge in [-0.3, -0.25) is 0 Å². The smallest absolute Gasteiger partial charge is 0.408 e. The SMILES string of the molecule is COC[C@@H](C)OC(=O)[C@H](C)NC(=O)OC(C)(C)C. The van der Waals surface area contributed by atoms with Crippen LogP contribution in [-0.4, -0.2) is 43.5 Å². The molecule has 6 heteroatoms. The second kappa shape index (κ2) is 7.20. The lowest BCUT2D eigenvalue weighted by atomic mass is 10.2. The van der Waals surface area contributed by atoms with E-state index in [-0.39, 0.29) is 6.10 Å². The van der Waals surface area contributed by atoms with E-state index in [9.17, 15) is 9.59 Å². The van der Waals surface area contributed by atoms with E-state index in [4.69, 9.17) is 14.2 Å². The van der Waals surface area contributed by atoms with Crippen LogP contribution in [0.4, 0.5) is 4.79 Å². The van der Waals surface area contributed by atoms with Gasteiger partial charge in [-0.2, -0.15) is 0 Å². The van der Waals surface area contributed by atoms with Crippen LogP contribution >= 0.6 is 0 Å². The number of amides is 1. The van der Waals surface area contributed by atoms with Gasteiger partial charge in [0.15, 0.2) is 0 Å². The maximum atomic E-state index is 11.6. The minimum Gasteiger partial charge on any atom is -0.459 e. The predicted molar refractivity (Wildman–Crippen MR) is 66.3 cm³/mol. The molecule has 0 aliphatic rings.